The molecule has 5 nitrogen and oxygen atoms in total. The largest absolute Gasteiger partial charge is 0.475 e. The Balaban J connectivity index is 2.96. The topological polar surface area (TPSA) is 100 Å². The molecule has 0 atom stereocenters. The van der Waals surface area contributed by atoms with Gasteiger partial charge in [0.2, 0.25) is 5.76 Å². The summed E-state index contributed by atoms with van der Waals surface area (Å²) >= 11 is 0. The molecule has 4 N–H and O–H groups in total. The highest BCUT2D eigenvalue weighted by Crippen LogP contribution is 2.14. The lowest BCUT2D eigenvalue weighted by Crippen LogP contribution is -2.12. The smallest absolute Gasteiger partial charge is 0.371 e. The Morgan fingerprint density at radius 2 is 2.38 bits per heavy atom. The monoisotopic (exact) mass is 182 g/mol. The molecular formula is C8H10N2O3. The lowest BCUT2D eigenvalue weighted by atomic mass is 10.2. The Morgan fingerprint density at radius 1 is 1.77 bits per heavy atom. The maximum atomic E-state index is 10.5. The van der Waals surface area contributed by atoms with Gasteiger partial charge in [-0.1, -0.05) is 0 Å². The van der Waals surface area contributed by atoms with Gasteiger partial charge in [-0.3, -0.25) is 5.41 Å². The van der Waals surface area contributed by atoms with Crippen LogP contribution in [0.15, 0.2) is 10.5 Å². The molecule has 0 fully saturated rings. The number of carboxylic acid groups (broad SMARTS) is 1. The number of amidine groups is 1. The molecule has 0 saturated carbocycles. The summed E-state index contributed by atoms with van der Waals surface area (Å²) in [5.41, 5.74) is 5.86. The van der Waals surface area contributed by atoms with E-state index in [2.05, 4.69) is 0 Å². The molecule has 0 unspecified atom stereocenters. The molecule has 0 radical (unpaired) electrons. The highest BCUT2D eigenvalue weighted by Gasteiger charge is 2.13. The van der Waals surface area contributed by atoms with Crippen molar-refractivity contribution in [3.63, 3.8) is 0 Å². The third-order valence-electron chi connectivity index (χ3n) is 1.58. The van der Waals surface area contributed by atoms with Crippen molar-refractivity contribution < 1.29 is 14.3 Å². The summed E-state index contributed by atoms with van der Waals surface area (Å²) in [6, 6.07) is 1.42. The van der Waals surface area contributed by atoms with Gasteiger partial charge in [-0.25, -0.2) is 4.79 Å². The predicted octanol–water partition coefficient (Wildman–Crippen LogP) is 0.765. The molecule has 0 aliphatic rings. The third kappa shape index (κ3) is 2.08. The number of nitrogens with one attached hydrogen (secondary N) is 1. The highest BCUT2D eigenvalue weighted by atomic mass is 16.4. The zero-order valence-corrected chi connectivity index (χ0v) is 7.13. The first-order chi connectivity index (χ1) is 6.00. The number of furan rings is 1. The molecular weight excluding hydrogens is 172 g/mol. The van der Waals surface area contributed by atoms with E-state index in [1.165, 1.54) is 6.07 Å². The van der Waals surface area contributed by atoms with Crippen molar-refractivity contribution in [2.75, 3.05) is 0 Å². The molecule has 1 aromatic rings. The van der Waals surface area contributed by atoms with Crippen LogP contribution in [-0.4, -0.2) is 16.9 Å². The van der Waals surface area contributed by atoms with Crippen LogP contribution in [0.5, 0.6) is 0 Å². The van der Waals surface area contributed by atoms with E-state index in [1.54, 1.807) is 6.92 Å². The summed E-state index contributed by atoms with van der Waals surface area (Å²) in [6.07, 6.45) is 0.152. The van der Waals surface area contributed by atoms with Crippen LogP contribution in [0, 0.1) is 12.3 Å². The number of hydrogen-bond acceptors (Lipinski definition) is 3. The molecule has 13 heavy (non-hydrogen) atoms. The number of aromatic carboxylic acids is 1. The zero-order valence-electron chi connectivity index (χ0n) is 7.13. The van der Waals surface area contributed by atoms with Crippen LogP contribution in [0.25, 0.3) is 0 Å². The Kier molecular flexibility index (Phi) is 2.36. The maximum Gasteiger partial charge on any atom is 0.371 e. The second kappa shape index (κ2) is 3.30. The SMILES string of the molecule is Cc1cc(C(=O)O)oc1CC(=N)N. The van der Waals surface area contributed by atoms with E-state index in [1.807, 2.05) is 0 Å². The fourth-order valence-electron chi connectivity index (χ4n) is 0.974. The van der Waals surface area contributed by atoms with Gasteiger partial charge >= 0.3 is 5.97 Å². The Labute approximate surface area is 74.7 Å². The molecule has 0 aromatic carbocycles. The third-order valence-corrected chi connectivity index (χ3v) is 1.58. The number of aryl methyl sites for hydroxylation is 1. The lowest BCUT2D eigenvalue weighted by Gasteiger charge is -1.94. The summed E-state index contributed by atoms with van der Waals surface area (Å²) in [6.45, 7) is 1.72. The van der Waals surface area contributed by atoms with Crippen molar-refractivity contribution in [1.82, 2.24) is 0 Å². The zero-order chi connectivity index (χ0) is 10.0. The molecule has 1 heterocycles. The lowest BCUT2D eigenvalue weighted by molar-refractivity contribution is 0.0660. The minimum absolute atomic E-state index is 0.0469. The summed E-state index contributed by atoms with van der Waals surface area (Å²) in [7, 11) is 0. The number of carboxylic acids is 1. The van der Waals surface area contributed by atoms with Crippen LogP contribution >= 0.6 is 0 Å². The van der Waals surface area contributed by atoms with Gasteiger partial charge in [0.15, 0.2) is 0 Å². The van der Waals surface area contributed by atoms with E-state index in [-0.39, 0.29) is 18.0 Å². The molecule has 0 amide bonds. The highest BCUT2D eigenvalue weighted by molar-refractivity contribution is 5.85. The van der Waals surface area contributed by atoms with Crippen molar-refractivity contribution in [3.8, 4) is 0 Å². The van der Waals surface area contributed by atoms with E-state index >= 15 is 0 Å². The number of nitrogens with two attached hydrogens (primary N) is 1. The molecule has 0 spiro atoms. The van der Waals surface area contributed by atoms with Crippen molar-refractivity contribution >= 4 is 11.8 Å². The van der Waals surface area contributed by atoms with Crippen molar-refractivity contribution in [2.24, 2.45) is 5.73 Å². The van der Waals surface area contributed by atoms with Crippen LogP contribution in [0.1, 0.15) is 21.9 Å². The molecule has 0 aliphatic carbocycles. The normalized spacial score (nSPS) is 9.92. The predicted molar refractivity (Wildman–Crippen MR) is 46.0 cm³/mol. The van der Waals surface area contributed by atoms with E-state index in [4.69, 9.17) is 20.7 Å². The molecule has 0 aliphatic heterocycles. The standard InChI is InChI=1S/C8H10N2O3/c1-4-2-6(8(11)12)13-5(4)3-7(9)10/h2H,3H2,1H3,(H3,9,10)(H,11,12). The average Bonchev–Trinajstić information content (AvgIpc) is 2.31. The average molecular weight is 182 g/mol. The van der Waals surface area contributed by atoms with Crippen LogP contribution in [0.4, 0.5) is 0 Å². The van der Waals surface area contributed by atoms with E-state index in [0.29, 0.717) is 11.3 Å². The van der Waals surface area contributed by atoms with Crippen molar-refractivity contribution in [1.29, 1.82) is 5.41 Å². The second-order valence-corrected chi connectivity index (χ2v) is 2.72. The summed E-state index contributed by atoms with van der Waals surface area (Å²) < 4.78 is 4.97. The number of rotatable bonds is 3. The molecule has 1 rings (SSSR count). The summed E-state index contributed by atoms with van der Waals surface area (Å²) in [4.78, 5) is 10.5. The first-order valence-electron chi connectivity index (χ1n) is 3.66. The van der Waals surface area contributed by atoms with Gasteiger partial charge in [0, 0.05) is 0 Å². The van der Waals surface area contributed by atoms with Crippen molar-refractivity contribution in [2.45, 2.75) is 13.3 Å². The Bertz CT molecular complexity index is 354. The quantitative estimate of drug-likeness (QED) is 0.474. The van der Waals surface area contributed by atoms with Crippen LogP contribution in [-0.2, 0) is 6.42 Å². The fraction of sp³-hybridized carbons (Fsp3) is 0.250. The second-order valence-electron chi connectivity index (χ2n) is 2.72. The van der Waals surface area contributed by atoms with Crippen LogP contribution in [0.3, 0.4) is 0 Å². The van der Waals surface area contributed by atoms with Crippen LogP contribution in [0.2, 0.25) is 0 Å². The van der Waals surface area contributed by atoms with Gasteiger partial charge < -0.3 is 15.3 Å². The molecule has 5 heteroatoms. The summed E-state index contributed by atoms with van der Waals surface area (Å²) in [5.74, 6) is -0.842. The Morgan fingerprint density at radius 3 is 2.77 bits per heavy atom. The molecule has 70 valence electrons. The first kappa shape index (κ1) is 9.31. The molecule has 0 bridgehead atoms. The summed E-state index contributed by atoms with van der Waals surface area (Å²) in [5, 5.41) is 15.6. The van der Waals surface area contributed by atoms with Gasteiger partial charge in [0.25, 0.3) is 0 Å². The Hall–Kier alpha value is -1.78. The van der Waals surface area contributed by atoms with Gasteiger partial charge in [-0.05, 0) is 18.6 Å². The minimum Gasteiger partial charge on any atom is -0.475 e. The van der Waals surface area contributed by atoms with Gasteiger partial charge in [-0.15, -0.1) is 0 Å². The molecule has 0 saturated heterocycles. The minimum atomic E-state index is -1.11. The fourth-order valence-corrected chi connectivity index (χ4v) is 0.974. The van der Waals surface area contributed by atoms with E-state index in [9.17, 15) is 4.79 Å². The maximum absolute atomic E-state index is 10.5. The first-order valence-corrected chi connectivity index (χ1v) is 3.66. The molecule has 1 aromatic heterocycles. The number of carbonyl (C=O) groups is 1. The van der Waals surface area contributed by atoms with Gasteiger partial charge in [0.05, 0.1) is 12.3 Å². The number of hydrogen-bond donors (Lipinski definition) is 3. The van der Waals surface area contributed by atoms with Gasteiger partial charge in [0.1, 0.15) is 5.76 Å². The van der Waals surface area contributed by atoms with Crippen LogP contribution < -0.4 is 5.73 Å². The van der Waals surface area contributed by atoms with Gasteiger partial charge in [-0.2, -0.15) is 0 Å². The van der Waals surface area contributed by atoms with Crippen molar-refractivity contribution in [3.05, 3.63) is 23.2 Å². The van der Waals surface area contributed by atoms with E-state index < -0.39 is 5.97 Å². The van der Waals surface area contributed by atoms with E-state index in [0.717, 1.165) is 0 Å².